The second kappa shape index (κ2) is 8.04. The number of hydrogen-bond donors (Lipinski definition) is 2. The van der Waals surface area contributed by atoms with Crippen molar-refractivity contribution in [3.8, 4) is 5.75 Å². The molecule has 6 nitrogen and oxygen atoms in total. The first-order valence-corrected chi connectivity index (χ1v) is 6.80. The second-order valence-electron chi connectivity index (χ2n) is 4.42. The fourth-order valence-electron chi connectivity index (χ4n) is 1.82. The zero-order chi connectivity index (χ0) is 15.8. The van der Waals surface area contributed by atoms with Gasteiger partial charge in [-0.3, -0.25) is 9.59 Å². The number of aromatic hydroxyl groups is 1. The lowest BCUT2D eigenvalue weighted by Gasteiger charge is -2.13. The number of phenols is 1. The minimum absolute atomic E-state index is 0.123. The van der Waals surface area contributed by atoms with E-state index in [4.69, 9.17) is 4.74 Å². The van der Waals surface area contributed by atoms with Crippen LogP contribution in [0.4, 0.5) is 0 Å². The zero-order valence-corrected chi connectivity index (χ0v) is 12.4. The Bertz CT molecular complexity index is 540. The van der Waals surface area contributed by atoms with Crippen LogP contribution < -0.4 is 5.43 Å². The zero-order valence-electron chi connectivity index (χ0n) is 12.4. The van der Waals surface area contributed by atoms with Gasteiger partial charge < -0.3 is 9.84 Å². The van der Waals surface area contributed by atoms with Crippen LogP contribution in [0.5, 0.6) is 5.75 Å². The molecule has 0 aromatic heterocycles. The van der Waals surface area contributed by atoms with Crippen LogP contribution in [0.3, 0.4) is 0 Å². The predicted octanol–water partition coefficient (Wildman–Crippen LogP) is 2.09. The van der Waals surface area contributed by atoms with Crippen molar-refractivity contribution in [2.75, 3.05) is 6.61 Å². The number of rotatable bonds is 6. The molecule has 114 valence electrons. The molecule has 0 aliphatic carbocycles. The van der Waals surface area contributed by atoms with E-state index in [1.165, 1.54) is 12.1 Å². The first-order valence-electron chi connectivity index (χ1n) is 6.80. The summed E-state index contributed by atoms with van der Waals surface area (Å²) in [6.07, 6.45) is 0.528. The Kier molecular flexibility index (Phi) is 6.39. The molecule has 0 radical (unpaired) electrons. The van der Waals surface area contributed by atoms with Gasteiger partial charge >= 0.3 is 5.97 Å². The van der Waals surface area contributed by atoms with Crippen molar-refractivity contribution < 1.29 is 19.4 Å². The summed E-state index contributed by atoms with van der Waals surface area (Å²) < 4.78 is 4.95. The van der Waals surface area contributed by atoms with Gasteiger partial charge in [-0.15, -0.1) is 0 Å². The van der Waals surface area contributed by atoms with E-state index < -0.39 is 11.8 Å². The van der Waals surface area contributed by atoms with Crippen LogP contribution in [0.25, 0.3) is 0 Å². The van der Waals surface area contributed by atoms with Gasteiger partial charge in [-0.2, -0.15) is 5.10 Å². The molecule has 0 spiro atoms. The van der Waals surface area contributed by atoms with E-state index in [9.17, 15) is 14.7 Å². The number of carbonyl (C=O) groups is 2. The van der Waals surface area contributed by atoms with Gasteiger partial charge in [0, 0.05) is 5.71 Å². The number of esters is 1. The second-order valence-corrected chi connectivity index (χ2v) is 4.42. The molecule has 0 saturated carbocycles. The minimum atomic E-state index is -0.536. The smallest absolute Gasteiger partial charge is 0.314 e. The van der Waals surface area contributed by atoms with Crippen molar-refractivity contribution in [3.63, 3.8) is 0 Å². The maximum absolute atomic E-state index is 11.9. The Hall–Kier alpha value is -2.37. The molecule has 0 saturated heterocycles. The molecule has 1 atom stereocenters. The number of phenolic OH excluding ortho intramolecular Hbond substituents is 1. The van der Waals surface area contributed by atoms with Gasteiger partial charge in [0.25, 0.3) is 5.91 Å². The van der Waals surface area contributed by atoms with Crippen molar-refractivity contribution in [2.45, 2.75) is 27.2 Å². The lowest BCUT2D eigenvalue weighted by atomic mass is 10.0. The van der Waals surface area contributed by atoms with Crippen molar-refractivity contribution in [1.29, 1.82) is 0 Å². The summed E-state index contributed by atoms with van der Waals surface area (Å²) in [5.41, 5.74) is 2.91. The number of nitrogens with one attached hydrogen (secondary N) is 1. The van der Waals surface area contributed by atoms with E-state index in [1.54, 1.807) is 26.0 Å². The third-order valence-electron chi connectivity index (χ3n) is 2.97. The lowest BCUT2D eigenvalue weighted by molar-refractivity contribution is -0.145. The van der Waals surface area contributed by atoms with E-state index in [0.717, 1.165) is 0 Å². The number of hydrazone groups is 1. The molecule has 0 heterocycles. The Morgan fingerprint density at radius 1 is 1.33 bits per heavy atom. The van der Waals surface area contributed by atoms with E-state index in [0.29, 0.717) is 18.7 Å². The molecule has 0 fully saturated rings. The van der Waals surface area contributed by atoms with E-state index in [-0.39, 0.29) is 17.3 Å². The van der Waals surface area contributed by atoms with Gasteiger partial charge in [-0.05, 0) is 32.4 Å². The van der Waals surface area contributed by atoms with Gasteiger partial charge in [0.15, 0.2) is 0 Å². The standard InChI is InChI=1S/C15H20N2O4/c1-4-11(15(20)21-5-2)10(3)16-17-14(19)12-8-6-7-9-13(12)18/h6-9,11,18H,4-5H2,1-3H3,(H,17,19)/b16-10-/t11-/m0/s1. The number of amides is 1. The summed E-state index contributed by atoms with van der Waals surface area (Å²) in [6, 6.07) is 6.16. The predicted molar refractivity (Wildman–Crippen MR) is 79.1 cm³/mol. The fraction of sp³-hybridized carbons (Fsp3) is 0.400. The number of benzene rings is 1. The fourth-order valence-corrected chi connectivity index (χ4v) is 1.82. The highest BCUT2D eigenvalue weighted by atomic mass is 16.5. The normalized spacial score (nSPS) is 12.6. The lowest BCUT2D eigenvalue weighted by Crippen LogP contribution is -2.27. The Morgan fingerprint density at radius 3 is 2.57 bits per heavy atom. The quantitative estimate of drug-likeness (QED) is 0.477. The summed E-state index contributed by atoms with van der Waals surface area (Å²) in [5, 5.41) is 13.5. The average Bonchev–Trinajstić information content (AvgIpc) is 2.46. The molecule has 2 N–H and O–H groups in total. The Balaban J connectivity index is 2.76. The van der Waals surface area contributed by atoms with Gasteiger partial charge in [0.2, 0.25) is 0 Å². The van der Waals surface area contributed by atoms with Crippen LogP contribution in [-0.4, -0.2) is 29.3 Å². The monoisotopic (exact) mass is 292 g/mol. The molecule has 21 heavy (non-hydrogen) atoms. The molecule has 1 aromatic carbocycles. The van der Waals surface area contributed by atoms with Crippen molar-refractivity contribution in [3.05, 3.63) is 29.8 Å². The highest BCUT2D eigenvalue weighted by Gasteiger charge is 2.21. The molecular formula is C15H20N2O4. The van der Waals surface area contributed by atoms with Crippen LogP contribution >= 0.6 is 0 Å². The Morgan fingerprint density at radius 2 is 2.00 bits per heavy atom. The summed E-state index contributed by atoms with van der Waals surface area (Å²) in [4.78, 5) is 23.6. The maximum atomic E-state index is 11.9. The van der Waals surface area contributed by atoms with Crippen molar-refractivity contribution >= 4 is 17.6 Å². The molecule has 0 aliphatic heterocycles. The van der Waals surface area contributed by atoms with Gasteiger partial charge in [-0.1, -0.05) is 19.1 Å². The molecule has 1 aromatic rings. The van der Waals surface area contributed by atoms with Gasteiger partial charge in [0.1, 0.15) is 5.75 Å². The highest BCUT2D eigenvalue weighted by molar-refractivity contribution is 6.02. The van der Waals surface area contributed by atoms with Crippen LogP contribution in [0.15, 0.2) is 29.4 Å². The third kappa shape index (κ3) is 4.59. The first-order chi connectivity index (χ1) is 10.0. The molecule has 0 aliphatic rings. The van der Waals surface area contributed by atoms with E-state index >= 15 is 0 Å². The molecule has 6 heteroatoms. The van der Waals surface area contributed by atoms with Crippen molar-refractivity contribution in [2.24, 2.45) is 11.0 Å². The van der Waals surface area contributed by atoms with Crippen LogP contribution in [0, 0.1) is 5.92 Å². The molecule has 0 bridgehead atoms. The average molecular weight is 292 g/mol. The molecule has 0 unspecified atom stereocenters. The number of hydrogen-bond acceptors (Lipinski definition) is 5. The number of nitrogens with zero attached hydrogens (tertiary/aromatic N) is 1. The van der Waals surface area contributed by atoms with Gasteiger partial charge in [-0.25, -0.2) is 5.43 Å². The van der Waals surface area contributed by atoms with Crippen LogP contribution in [0.2, 0.25) is 0 Å². The van der Waals surface area contributed by atoms with Crippen LogP contribution in [0.1, 0.15) is 37.6 Å². The largest absolute Gasteiger partial charge is 0.507 e. The molecular weight excluding hydrogens is 272 g/mol. The highest BCUT2D eigenvalue weighted by Crippen LogP contribution is 2.15. The SMILES string of the molecule is CCOC(=O)[C@@H](CC)/C(C)=N\NC(=O)c1ccccc1O. The summed E-state index contributed by atoms with van der Waals surface area (Å²) >= 11 is 0. The summed E-state index contributed by atoms with van der Waals surface area (Å²) in [7, 11) is 0. The van der Waals surface area contributed by atoms with E-state index in [1.807, 2.05) is 6.92 Å². The molecule has 1 amide bonds. The third-order valence-corrected chi connectivity index (χ3v) is 2.97. The van der Waals surface area contributed by atoms with E-state index in [2.05, 4.69) is 10.5 Å². The first kappa shape index (κ1) is 16.7. The number of para-hydroxylation sites is 1. The maximum Gasteiger partial charge on any atom is 0.314 e. The molecule has 1 rings (SSSR count). The Labute approximate surface area is 123 Å². The van der Waals surface area contributed by atoms with Crippen LogP contribution in [-0.2, 0) is 9.53 Å². The number of ether oxygens (including phenoxy) is 1. The van der Waals surface area contributed by atoms with Crippen molar-refractivity contribution in [1.82, 2.24) is 5.43 Å². The van der Waals surface area contributed by atoms with Gasteiger partial charge in [0.05, 0.1) is 18.1 Å². The summed E-state index contributed by atoms with van der Waals surface area (Å²) in [6.45, 7) is 5.52. The number of carbonyl (C=O) groups excluding carboxylic acids is 2. The topological polar surface area (TPSA) is 88.0 Å². The minimum Gasteiger partial charge on any atom is -0.507 e. The summed E-state index contributed by atoms with van der Waals surface area (Å²) in [5.74, 6) is -1.51.